The van der Waals surface area contributed by atoms with Gasteiger partial charge in [-0.1, -0.05) is 13.8 Å². The highest BCUT2D eigenvalue weighted by atomic mass is 16.5. The summed E-state index contributed by atoms with van der Waals surface area (Å²) in [7, 11) is 2.00. The van der Waals surface area contributed by atoms with Gasteiger partial charge in [0.05, 0.1) is 12.0 Å². The van der Waals surface area contributed by atoms with Gasteiger partial charge in [-0.15, -0.1) is 0 Å². The normalized spacial score (nSPS) is 26.7. The zero-order valence-corrected chi connectivity index (χ0v) is 14.6. The molecule has 23 heavy (non-hydrogen) atoms. The van der Waals surface area contributed by atoms with E-state index in [4.69, 9.17) is 4.74 Å². The van der Waals surface area contributed by atoms with E-state index in [1.165, 1.54) is 5.69 Å². The molecule has 0 aromatic carbocycles. The molecule has 2 atom stereocenters. The molecule has 0 unspecified atom stereocenters. The summed E-state index contributed by atoms with van der Waals surface area (Å²) in [4.78, 5) is 15.0. The van der Waals surface area contributed by atoms with Crippen LogP contribution in [0.3, 0.4) is 0 Å². The monoisotopic (exact) mass is 319 g/mol. The van der Waals surface area contributed by atoms with Crippen LogP contribution in [0.4, 0.5) is 0 Å². The lowest BCUT2D eigenvalue weighted by atomic mass is 9.85. The molecule has 2 fully saturated rings. The van der Waals surface area contributed by atoms with E-state index in [0.717, 1.165) is 45.4 Å². The van der Waals surface area contributed by atoms with E-state index < -0.39 is 0 Å². The van der Waals surface area contributed by atoms with E-state index in [0.29, 0.717) is 17.7 Å². The van der Waals surface area contributed by atoms with Gasteiger partial charge in [-0.3, -0.25) is 9.48 Å². The number of ether oxygens (including phenoxy) is 1. The summed E-state index contributed by atoms with van der Waals surface area (Å²) in [5, 5.41) is 4.27. The van der Waals surface area contributed by atoms with Crippen molar-refractivity contribution in [1.29, 1.82) is 0 Å². The number of hydrogen-bond acceptors (Lipinski definition) is 3. The quantitative estimate of drug-likeness (QED) is 0.860. The van der Waals surface area contributed by atoms with E-state index in [-0.39, 0.29) is 12.0 Å². The van der Waals surface area contributed by atoms with Gasteiger partial charge < -0.3 is 9.64 Å². The maximum Gasteiger partial charge on any atom is 0.228 e. The van der Waals surface area contributed by atoms with Crippen LogP contribution >= 0.6 is 0 Å². The fraction of sp³-hybridized carbons (Fsp3) is 0.778. The molecule has 0 bridgehead atoms. The molecule has 2 saturated heterocycles. The zero-order chi connectivity index (χ0) is 16.4. The molecule has 0 N–H and O–H groups in total. The first-order valence-corrected chi connectivity index (χ1v) is 8.96. The molecule has 1 aromatic heterocycles. The number of rotatable bonds is 3. The van der Waals surface area contributed by atoms with E-state index in [1.54, 1.807) is 0 Å². The second-order valence-electron chi connectivity index (χ2n) is 7.31. The Labute approximate surface area is 139 Å². The van der Waals surface area contributed by atoms with Gasteiger partial charge in [-0.2, -0.15) is 5.10 Å². The number of piperidine rings is 1. The van der Waals surface area contributed by atoms with Crippen molar-refractivity contribution in [2.24, 2.45) is 18.9 Å². The Balaban J connectivity index is 1.60. The van der Waals surface area contributed by atoms with Gasteiger partial charge >= 0.3 is 0 Å². The van der Waals surface area contributed by atoms with Crippen LogP contribution in [0.15, 0.2) is 12.3 Å². The maximum absolute atomic E-state index is 13.0. The summed E-state index contributed by atoms with van der Waals surface area (Å²) in [5.74, 6) is 1.29. The molecule has 0 saturated carbocycles. The Kier molecular flexibility index (Phi) is 5.05. The van der Waals surface area contributed by atoms with Crippen LogP contribution in [0.25, 0.3) is 0 Å². The van der Waals surface area contributed by atoms with E-state index in [1.807, 2.05) is 17.9 Å². The number of carbonyl (C=O) groups excluding carboxylic acids is 1. The minimum absolute atomic E-state index is 0.0528. The third-order valence-electron chi connectivity index (χ3n) is 5.42. The van der Waals surface area contributed by atoms with Crippen LogP contribution in [-0.2, 0) is 16.6 Å². The minimum atomic E-state index is 0.0528. The van der Waals surface area contributed by atoms with Crippen LogP contribution in [0.5, 0.6) is 0 Å². The summed E-state index contributed by atoms with van der Waals surface area (Å²) in [6.07, 6.45) is 6.00. The maximum atomic E-state index is 13.0. The number of aromatic nitrogens is 2. The molecule has 2 aliphatic heterocycles. The Bertz CT molecular complexity index is 532. The van der Waals surface area contributed by atoms with Crippen LogP contribution < -0.4 is 0 Å². The molecular weight excluding hydrogens is 290 g/mol. The van der Waals surface area contributed by atoms with Crippen molar-refractivity contribution in [3.05, 3.63) is 18.0 Å². The van der Waals surface area contributed by atoms with Crippen molar-refractivity contribution in [3.8, 4) is 0 Å². The third-order valence-corrected chi connectivity index (χ3v) is 5.42. The number of hydrogen-bond donors (Lipinski definition) is 0. The van der Waals surface area contributed by atoms with Gasteiger partial charge in [0.15, 0.2) is 0 Å². The first kappa shape index (κ1) is 16.5. The highest BCUT2D eigenvalue weighted by Gasteiger charge is 2.37. The van der Waals surface area contributed by atoms with Crippen molar-refractivity contribution in [1.82, 2.24) is 14.7 Å². The molecule has 0 aliphatic carbocycles. The first-order valence-electron chi connectivity index (χ1n) is 8.96. The van der Waals surface area contributed by atoms with Crippen molar-refractivity contribution >= 4 is 5.91 Å². The highest BCUT2D eigenvalue weighted by Crippen LogP contribution is 2.32. The van der Waals surface area contributed by atoms with Gasteiger partial charge in [0.25, 0.3) is 0 Å². The molecule has 0 radical (unpaired) electrons. The predicted molar refractivity (Wildman–Crippen MR) is 89.1 cm³/mol. The second-order valence-corrected chi connectivity index (χ2v) is 7.31. The largest absolute Gasteiger partial charge is 0.377 e. The van der Waals surface area contributed by atoms with Gasteiger partial charge in [-0.25, -0.2) is 0 Å². The molecule has 3 heterocycles. The third kappa shape index (κ3) is 3.44. The molecule has 5 heteroatoms. The molecule has 1 aromatic rings. The lowest BCUT2D eigenvalue weighted by Crippen LogP contribution is -2.48. The molecule has 128 valence electrons. The van der Waals surface area contributed by atoms with Crippen LogP contribution in [-0.4, -0.2) is 46.4 Å². The van der Waals surface area contributed by atoms with Crippen LogP contribution in [0.2, 0.25) is 0 Å². The lowest BCUT2D eigenvalue weighted by molar-refractivity contribution is -0.148. The topological polar surface area (TPSA) is 47.4 Å². The molecule has 2 aliphatic rings. The number of carbonyl (C=O) groups is 1. The number of aryl methyl sites for hydroxylation is 1. The number of amides is 1. The SMILES string of the molecule is CC(C)[C@@H]1OCCC[C@@H]1C(=O)N1CCC(c2ccnn2C)CC1. The fourth-order valence-corrected chi connectivity index (χ4v) is 4.14. The minimum Gasteiger partial charge on any atom is -0.377 e. The Morgan fingerprint density at radius 1 is 1.30 bits per heavy atom. The van der Waals surface area contributed by atoms with Gasteiger partial charge in [0, 0.05) is 44.6 Å². The summed E-state index contributed by atoms with van der Waals surface area (Å²) in [6.45, 7) is 6.83. The van der Waals surface area contributed by atoms with E-state index in [2.05, 4.69) is 29.9 Å². The molecule has 0 spiro atoms. The average molecular weight is 319 g/mol. The Morgan fingerprint density at radius 2 is 2.04 bits per heavy atom. The first-order chi connectivity index (χ1) is 11.1. The van der Waals surface area contributed by atoms with Crippen LogP contribution in [0, 0.1) is 11.8 Å². The van der Waals surface area contributed by atoms with E-state index in [9.17, 15) is 4.79 Å². The van der Waals surface area contributed by atoms with Crippen LogP contribution in [0.1, 0.15) is 51.1 Å². The standard InChI is InChI=1S/C18H29N3O2/c1-13(2)17-15(5-4-12-23-17)18(22)21-10-7-14(8-11-21)16-6-9-19-20(16)3/h6,9,13-15,17H,4-5,7-8,10-12H2,1-3H3/t15-,17-/m0/s1. The molecule has 5 nitrogen and oxygen atoms in total. The highest BCUT2D eigenvalue weighted by molar-refractivity contribution is 5.79. The fourth-order valence-electron chi connectivity index (χ4n) is 4.14. The molecule has 1 amide bonds. The second kappa shape index (κ2) is 7.04. The van der Waals surface area contributed by atoms with Crippen molar-refractivity contribution in [2.45, 2.75) is 51.6 Å². The smallest absolute Gasteiger partial charge is 0.228 e. The Morgan fingerprint density at radius 3 is 2.65 bits per heavy atom. The predicted octanol–water partition coefficient (Wildman–Crippen LogP) is 2.58. The average Bonchev–Trinajstić information content (AvgIpc) is 3.00. The summed E-state index contributed by atoms with van der Waals surface area (Å²) < 4.78 is 7.86. The van der Waals surface area contributed by atoms with Crippen molar-refractivity contribution in [2.75, 3.05) is 19.7 Å². The van der Waals surface area contributed by atoms with Crippen molar-refractivity contribution in [3.63, 3.8) is 0 Å². The zero-order valence-electron chi connectivity index (χ0n) is 14.6. The van der Waals surface area contributed by atoms with Gasteiger partial charge in [0.2, 0.25) is 5.91 Å². The van der Waals surface area contributed by atoms with Gasteiger partial charge in [-0.05, 0) is 37.7 Å². The van der Waals surface area contributed by atoms with E-state index >= 15 is 0 Å². The molecular formula is C18H29N3O2. The lowest BCUT2D eigenvalue weighted by Gasteiger charge is -2.39. The Hall–Kier alpha value is -1.36. The number of nitrogens with zero attached hydrogens (tertiary/aromatic N) is 3. The van der Waals surface area contributed by atoms with Gasteiger partial charge in [0.1, 0.15) is 0 Å². The summed E-state index contributed by atoms with van der Waals surface area (Å²) in [5.41, 5.74) is 1.29. The summed E-state index contributed by atoms with van der Waals surface area (Å²) >= 11 is 0. The molecule has 3 rings (SSSR count). The number of likely N-dealkylation sites (tertiary alicyclic amines) is 1. The van der Waals surface area contributed by atoms with Crippen molar-refractivity contribution < 1.29 is 9.53 Å². The summed E-state index contributed by atoms with van der Waals surface area (Å²) in [6, 6.07) is 2.10.